The number of phenols is 1. The molecule has 0 spiro atoms. The Morgan fingerprint density at radius 3 is 1.19 bits per heavy atom. The molecule has 0 bridgehead atoms. The van der Waals surface area contributed by atoms with E-state index in [1.54, 1.807) is 16.7 Å². The lowest BCUT2D eigenvalue weighted by Crippen LogP contribution is -2.11. The minimum atomic E-state index is 0.667. The third-order valence-corrected chi connectivity index (χ3v) is 7.00. The van der Waals surface area contributed by atoms with Crippen molar-refractivity contribution < 1.29 is 5.11 Å². The molecule has 1 N–H and O–H groups in total. The van der Waals surface area contributed by atoms with Gasteiger partial charge in [0.2, 0.25) is 0 Å². The van der Waals surface area contributed by atoms with E-state index in [1.165, 1.54) is 107 Å². The van der Waals surface area contributed by atoms with Crippen molar-refractivity contribution in [1.82, 2.24) is 0 Å². The minimum Gasteiger partial charge on any atom is -0.507 e. The fourth-order valence-electron chi connectivity index (χ4n) is 5.09. The average molecular weight is 431 g/mol. The molecule has 0 saturated heterocycles. The first-order valence-corrected chi connectivity index (χ1v) is 14.0. The molecule has 1 aromatic carbocycles. The van der Waals surface area contributed by atoms with Gasteiger partial charge in [0.05, 0.1) is 0 Å². The van der Waals surface area contributed by atoms with Crippen LogP contribution in [-0.2, 0) is 32.1 Å². The quantitative estimate of drug-likeness (QED) is 0.216. The molecule has 0 aliphatic rings. The highest BCUT2D eigenvalue weighted by Crippen LogP contribution is 2.38. The van der Waals surface area contributed by atoms with Crippen molar-refractivity contribution in [3.63, 3.8) is 0 Å². The van der Waals surface area contributed by atoms with Crippen LogP contribution in [0.25, 0.3) is 0 Å². The third-order valence-electron chi connectivity index (χ3n) is 7.00. The van der Waals surface area contributed by atoms with Crippen molar-refractivity contribution in [3.05, 3.63) is 27.8 Å². The molecule has 1 aromatic rings. The Morgan fingerprint density at radius 1 is 0.387 bits per heavy atom. The Balaban J connectivity index is 3.29. The molecule has 0 radical (unpaired) electrons. The summed E-state index contributed by atoms with van der Waals surface area (Å²) in [4.78, 5) is 0. The number of rotatable bonds is 19. The van der Waals surface area contributed by atoms with Crippen LogP contribution >= 0.6 is 0 Å². The fraction of sp³-hybridized carbons (Fsp3) is 0.800. The number of hydrogen-bond acceptors (Lipinski definition) is 1. The first kappa shape index (κ1) is 28.1. The Hall–Kier alpha value is -0.980. The zero-order valence-corrected chi connectivity index (χ0v) is 21.9. The maximum atomic E-state index is 11.4. The van der Waals surface area contributed by atoms with E-state index in [9.17, 15) is 5.11 Å². The van der Waals surface area contributed by atoms with E-state index in [2.05, 4.69) is 34.6 Å². The summed E-state index contributed by atoms with van der Waals surface area (Å²) < 4.78 is 0. The molecule has 0 unspecified atom stereocenters. The van der Waals surface area contributed by atoms with E-state index in [-0.39, 0.29) is 0 Å². The van der Waals surface area contributed by atoms with Gasteiger partial charge in [-0.1, -0.05) is 98.8 Å². The molecule has 0 aliphatic heterocycles. The predicted molar refractivity (Wildman–Crippen MR) is 140 cm³/mol. The lowest BCUT2D eigenvalue weighted by atomic mass is 9.81. The molecular weight excluding hydrogens is 376 g/mol. The van der Waals surface area contributed by atoms with Crippen molar-refractivity contribution in [2.45, 2.75) is 157 Å². The Bertz CT molecular complexity index is 587. The lowest BCUT2D eigenvalue weighted by molar-refractivity contribution is 0.456. The van der Waals surface area contributed by atoms with Crippen LogP contribution < -0.4 is 0 Å². The summed E-state index contributed by atoms with van der Waals surface area (Å²) in [6.07, 6.45) is 23.7. The molecule has 0 heterocycles. The normalized spacial score (nSPS) is 11.4. The van der Waals surface area contributed by atoms with Crippen molar-refractivity contribution in [2.75, 3.05) is 0 Å². The number of aromatic hydroxyl groups is 1. The highest BCUT2D eigenvalue weighted by Gasteiger charge is 2.21. The molecule has 0 atom stereocenters. The summed E-state index contributed by atoms with van der Waals surface area (Å²) in [5.41, 5.74) is 7.33. The van der Waals surface area contributed by atoms with Crippen LogP contribution in [0.3, 0.4) is 0 Å². The molecule has 0 fully saturated rings. The molecule has 180 valence electrons. The van der Waals surface area contributed by atoms with E-state index in [0.29, 0.717) is 5.75 Å². The standard InChI is InChI=1S/C30H54O/c1-6-11-15-17-19-23-26-25(10-5)30(31)29(22-14-9-4)28(21-13-8-3)27(26)24-20-18-16-12-7-2/h31H,6-24H2,1-5H3. The topological polar surface area (TPSA) is 20.2 Å². The Kier molecular flexibility index (Phi) is 15.9. The van der Waals surface area contributed by atoms with Gasteiger partial charge in [-0.15, -0.1) is 0 Å². The second kappa shape index (κ2) is 17.6. The van der Waals surface area contributed by atoms with E-state index < -0.39 is 0 Å². The second-order valence-electron chi connectivity index (χ2n) is 9.63. The van der Waals surface area contributed by atoms with Gasteiger partial charge < -0.3 is 5.11 Å². The zero-order valence-electron chi connectivity index (χ0n) is 21.9. The third kappa shape index (κ3) is 9.58. The summed E-state index contributed by atoms with van der Waals surface area (Å²) in [6, 6.07) is 0. The van der Waals surface area contributed by atoms with Gasteiger partial charge in [-0.2, -0.15) is 0 Å². The highest BCUT2D eigenvalue weighted by molar-refractivity contribution is 5.56. The van der Waals surface area contributed by atoms with Crippen LogP contribution in [0.5, 0.6) is 5.75 Å². The lowest BCUT2D eigenvalue weighted by Gasteiger charge is -2.25. The van der Waals surface area contributed by atoms with Gasteiger partial charge in [-0.25, -0.2) is 0 Å². The van der Waals surface area contributed by atoms with Crippen LogP contribution in [0.2, 0.25) is 0 Å². The molecule has 0 aromatic heterocycles. The monoisotopic (exact) mass is 430 g/mol. The van der Waals surface area contributed by atoms with Crippen molar-refractivity contribution in [2.24, 2.45) is 0 Å². The van der Waals surface area contributed by atoms with Crippen molar-refractivity contribution >= 4 is 0 Å². The molecule has 1 heteroatoms. The molecule has 0 aliphatic carbocycles. The van der Waals surface area contributed by atoms with Gasteiger partial charge >= 0.3 is 0 Å². The van der Waals surface area contributed by atoms with Crippen LogP contribution in [0, 0.1) is 0 Å². The van der Waals surface area contributed by atoms with Gasteiger partial charge in [0.25, 0.3) is 0 Å². The van der Waals surface area contributed by atoms with Gasteiger partial charge in [-0.3, -0.25) is 0 Å². The van der Waals surface area contributed by atoms with E-state index >= 15 is 0 Å². The second-order valence-corrected chi connectivity index (χ2v) is 9.63. The van der Waals surface area contributed by atoms with Crippen LogP contribution in [-0.4, -0.2) is 5.11 Å². The Morgan fingerprint density at radius 2 is 0.742 bits per heavy atom. The van der Waals surface area contributed by atoms with E-state index in [4.69, 9.17) is 0 Å². The number of benzene rings is 1. The maximum absolute atomic E-state index is 11.4. The molecule has 31 heavy (non-hydrogen) atoms. The van der Waals surface area contributed by atoms with Gasteiger partial charge in [-0.05, 0) is 85.6 Å². The van der Waals surface area contributed by atoms with Gasteiger partial charge in [0, 0.05) is 0 Å². The number of unbranched alkanes of at least 4 members (excludes halogenated alkanes) is 10. The first-order valence-electron chi connectivity index (χ1n) is 14.0. The van der Waals surface area contributed by atoms with Gasteiger partial charge in [0.15, 0.2) is 0 Å². The summed E-state index contributed by atoms with van der Waals surface area (Å²) in [6.45, 7) is 11.4. The Labute approximate surface area is 195 Å². The molecule has 0 amide bonds. The summed E-state index contributed by atoms with van der Waals surface area (Å²) >= 11 is 0. The van der Waals surface area contributed by atoms with Crippen LogP contribution in [0.1, 0.15) is 152 Å². The fourth-order valence-corrected chi connectivity index (χ4v) is 5.09. The molecule has 1 rings (SSSR count). The largest absolute Gasteiger partial charge is 0.507 e. The highest BCUT2D eigenvalue weighted by atomic mass is 16.3. The van der Waals surface area contributed by atoms with Crippen molar-refractivity contribution in [3.8, 4) is 5.75 Å². The predicted octanol–water partition coefficient (Wildman–Crippen LogP) is 9.67. The minimum absolute atomic E-state index is 0.667. The maximum Gasteiger partial charge on any atom is 0.122 e. The summed E-state index contributed by atoms with van der Waals surface area (Å²) in [5, 5.41) is 11.4. The SMILES string of the molecule is CCCCCCCc1c(CC)c(O)c(CCCC)c(CCCC)c1CCCCCCC. The van der Waals surface area contributed by atoms with Gasteiger partial charge in [0.1, 0.15) is 5.75 Å². The smallest absolute Gasteiger partial charge is 0.122 e. The van der Waals surface area contributed by atoms with Crippen LogP contribution in [0.15, 0.2) is 0 Å². The van der Waals surface area contributed by atoms with Crippen molar-refractivity contribution in [1.29, 1.82) is 0 Å². The molecular formula is C30H54O. The number of phenolic OH excluding ortho intramolecular Hbond substituents is 1. The summed E-state index contributed by atoms with van der Waals surface area (Å²) in [5.74, 6) is 0.667. The van der Waals surface area contributed by atoms with E-state index in [1.807, 2.05) is 0 Å². The first-order chi connectivity index (χ1) is 15.2. The zero-order chi connectivity index (χ0) is 22.9. The molecule has 1 nitrogen and oxygen atoms in total. The molecule has 0 saturated carbocycles. The van der Waals surface area contributed by atoms with E-state index in [0.717, 1.165) is 25.7 Å². The van der Waals surface area contributed by atoms with Crippen LogP contribution in [0.4, 0.5) is 0 Å². The average Bonchev–Trinajstić information content (AvgIpc) is 2.77. The summed E-state index contributed by atoms with van der Waals surface area (Å²) in [7, 11) is 0. The number of hydrogen-bond donors (Lipinski definition) is 1.